The number of aliphatic imine (C=N–C) groups is 1. The van der Waals surface area contributed by atoms with Crippen LogP contribution in [0.15, 0.2) is 53.5 Å². The van der Waals surface area contributed by atoms with E-state index in [4.69, 9.17) is 22.1 Å². The van der Waals surface area contributed by atoms with Crippen LogP contribution in [-0.2, 0) is 11.3 Å². The fourth-order valence-corrected chi connectivity index (χ4v) is 3.27. The van der Waals surface area contributed by atoms with E-state index in [2.05, 4.69) is 27.3 Å². The molecular formula is C21H28ClIN4O. The zero-order valence-corrected chi connectivity index (χ0v) is 19.0. The van der Waals surface area contributed by atoms with E-state index >= 15 is 0 Å². The molecule has 152 valence electrons. The molecule has 0 radical (unpaired) electrons. The zero-order chi connectivity index (χ0) is 18.9. The molecule has 0 saturated carbocycles. The summed E-state index contributed by atoms with van der Waals surface area (Å²) in [5, 5.41) is 3.95. The molecule has 0 atom stereocenters. The van der Waals surface area contributed by atoms with Gasteiger partial charge in [0.2, 0.25) is 0 Å². The van der Waals surface area contributed by atoms with Crippen LogP contribution in [-0.4, -0.2) is 50.3 Å². The molecular weight excluding hydrogens is 487 g/mol. The Hall–Kier alpha value is -1.35. The molecule has 7 heteroatoms. The van der Waals surface area contributed by atoms with Gasteiger partial charge < -0.3 is 15.8 Å². The molecule has 2 aromatic carbocycles. The van der Waals surface area contributed by atoms with Crippen LogP contribution < -0.4 is 11.1 Å². The van der Waals surface area contributed by atoms with Crippen LogP contribution in [0, 0.1) is 0 Å². The molecule has 1 fully saturated rings. The van der Waals surface area contributed by atoms with Gasteiger partial charge in [-0.2, -0.15) is 0 Å². The van der Waals surface area contributed by atoms with Crippen molar-refractivity contribution in [3.63, 3.8) is 0 Å². The van der Waals surface area contributed by atoms with Gasteiger partial charge in [0.15, 0.2) is 5.96 Å². The van der Waals surface area contributed by atoms with E-state index in [-0.39, 0.29) is 24.0 Å². The number of hydrogen-bond acceptors (Lipinski definition) is 3. The molecule has 0 unspecified atom stereocenters. The summed E-state index contributed by atoms with van der Waals surface area (Å²) in [6.07, 6.45) is 1.04. The summed E-state index contributed by atoms with van der Waals surface area (Å²) >= 11 is 6.00. The lowest BCUT2D eigenvalue weighted by Crippen LogP contribution is -2.39. The van der Waals surface area contributed by atoms with Crippen molar-refractivity contribution in [3.05, 3.63) is 59.1 Å². The lowest BCUT2D eigenvalue weighted by atomic mass is 10.00. The molecule has 1 saturated heterocycles. The Bertz CT molecular complexity index is 748. The van der Waals surface area contributed by atoms with Crippen LogP contribution >= 0.6 is 35.6 Å². The minimum absolute atomic E-state index is 0. The largest absolute Gasteiger partial charge is 0.379 e. The highest BCUT2D eigenvalue weighted by molar-refractivity contribution is 14.0. The quantitative estimate of drug-likeness (QED) is 0.256. The molecule has 1 heterocycles. The van der Waals surface area contributed by atoms with Crippen LogP contribution in [0.2, 0.25) is 5.02 Å². The Labute approximate surface area is 189 Å². The number of guanidine groups is 1. The zero-order valence-electron chi connectivity index (χ0n) is 15.9. The number of benzene rings is 2. The molecule has 0 spiro atoms. The van der Waals surface area contributed by atoms with Gasteiger partial charge in [-0.25, -0.2) is 4.99 Å². The van der Waals surface area contributed by atoms with Gasteiger partial charge in [0.05, 0.1) is 19.8 Å². The van der Waals surface area contributed by atoms with Gasteiger partial charge in [-0.15, -0.1) is 24.0 Å². The average Bonchev–Trinajstić information content (AvgIpc) is 2.71. The first-order valence-corrected chi connectivity index (χ1v) is 9.78. The van der Waals surface area contributed by atoms with Crippen molar-refractivity contribution >= 4 is 41.5 Å². The lowest BCUT2D eigenvalue weighted by Gasteiger charge is -2.26. The monoisotopic (exact) mass is 514 g/mol. The number of halogens is 2. The number of ether oxygens (including phenoxy) is 1. The highest BCUT2D eigenvalue weighted by atomic mass is 127. The molecule has 0 aromatic heterocycles. The molecule has 1 aliphatic heterocycles. The number of nitrogens with two attached hydrogens (primary N) is 1. The van der Waals surface area contributed by atoms with E-state index in [9.17, 15) is 0 Å². The number of hydrogen-bond donors (Lipinski definition) is 2. The second-order valence-corrected chi connectivity index (χ2v) is 7.04. The third-order valence-electron chi connectivity index (χ3n) is 4.65. The first-order chi connectivity index (χ1) is 13.2. The topological polar surface area (TPSA) is 62.9 Å². The standard InChI is InChI=1S/C21H27ClN4O.HI/c22-19-8-6-17(7-9-19)20-5-2-1-4-18(20)16-25-21(23)24-10-3-11-26-12-14-27-15-13-26;/h1-2,4-9H,3,10-16H2,(H3,23,24,25);1H. The Balaban J connectivity index is 0.00000280. The number of morpholine rings is 1. The minimum atomic E-state index is 0. The Morgan fingerprint density at radius 1 is 1.11 bits per heavy atom. The molecule has 3 rings (SSSR count). The van der Waals surface area contributed by atoms with E-state index in [0.29, 0.717) is 12.5 Å². The lowest BCUT2D eigenvalue weighted by molar-refractivity contribution is 0.0376. The van der Waals surface area contributed by atoms with Crippen LogP contribution in [0.3, 0.4) is 0 Å². The summed E-state index contributed by atoms with van der Waals surface area (Å²) in [4.78, 5) is 6.92. The van der Waals surface area contributed by atoms with Gasteiger partial charge in [0.1, 0.15) is 0 Å². The van der Waals surface area contributed by atoms with Crippen molar-refractivity contribution in [1.82, 2.24) is 10.2 Å². The third kappa shape index (κ3) is 7.24. The van der Waals surface area contributed by atoms with Gasteiger partial charge >= 0.3 is 0 Å². The molecule has 0 aliphatic carbocycles. The number of nitrogens with zero attached hydrogens (tertiary/aromatic N) is 2. The average molecular weight is 515 g/mol. The molecule has 28 heavy (non-hydrogen) atoms. The normalized spacial score (nSPS) is 15.1. The van der Waals surface area contributed by atoms with Gasteiger partial charge in [-0.1, -0.05) is 48.0 Å². The highest BCUT2D eigenvalue weighted by Gasteiger charge is 2.09. The maximum absolute atomic E-state index is 6.04. The Kier molecular flexibility index (Phi) is 10.0. The summed E-state index contributed by atoms with van der Waals surface area (Å²) < 4.78 is 5.36. The van der Waals surface area contributed by atoms with E-state index in [1.54, 1.807) is 0 Å². The van der Waals surface area contributed by atoms with Gasteiger partial charge in [-0.05, 0) is 41.8 Å². The maximum Gasteiger partial charge on any atom is 0.188 e. The first kappa shape index (κ1) is 22.9. The summed E-state index contributed by atoms with van der Waals surface area (Å²) in [5.41, 5.74) is 9.45. The van der Waals surface area contributed by atoms with Crippen LogP contribution in [0.4, 0.5) is 0 Å². The molecule has 2 aromatic rings. The van der Waals surface area contributed by atoms with Crippen LogP contribution in [0.25, 0.3) is 11.1 Å². The Morgan fingerprint density at radius 3 is 2.57 bits per heavy atom. The summed E-state index contributed by atoms with van der Waals surface area (Å²) in [6, 6.07) is 16.1. The van der Waals surface area contributed by atoms with E-state index in [1.165, 1.54) is 0 Å². The first-order valence-electron chi connectivity index (χ1n) is 9.40. The smallest absolute Gasteiger partial charge is 0.188 e. The van der Waals surface area contributed by atoms with Crippen molar-refractivity contribution in [1.29, 1.82) is 0 Å². The fourth-order valence-electron chi connectivity index (χ4n) is 3.14. The minimum Gasteiger partial charge on any atom is -0.379 e. The van der Waals surface area contributed by atoms with Crippen LogP contribution in [0.5, 0.6) is 0 Å². The Morgan fingerprint density at radius 2 is 1.82 bits per heavy atom. The highest BCUT2D eigenvalue weighted by Crippen LogP contribution is 2.25. The second kappa shape index (κ2) is 12.3. The molecule has 0 bridgehead atoms. The van der Waals surface area contributed by atoms with E-state index in [1.807, 2.05) is 36.4 Å². The van der Waals surface area contributed by atoms with Crippen molar-refractivity contribution < 1.29 is 4.74 Å². The number of nitrogens with one attached hydrogen (secondary N) is 1. The fraction of sp³-hybridized carbons (Fsp3) is 0.381. The molecule has 0 amide bonds. The second-order valence-electron chi connectivity index (χ2n) is 6.60. The SMILES string of the molecule is I.NC(=NCc1ccccc1-c1ccc(Cl)cc1)NCCCN1CCOCC1. The summed E-state index contributed by atoms with van der Waals surface area (Å²) in [6.45, 7) is 6.14. The predicted molar refractivity (Wildman–Crippen MR) is 128 cm³/mol. The van der Waals surface area contributed by atoms with E-state index in [0.717, 1.165) is 67.5 Å². The summed E-state index contributed by atoms with van der Waals surface area (Å²) in [5.74, 6) is 0.489. The van der Waals surface area contributed by atoms with E-state index < -0.39 is 0 Å². The van der Waals surface area contributed by atoms with Crippen molar-refractivity contribution in [3.8, 4) is 11.1 Å². The summed E-state index contributed by atoms with van der Waals surface area (Å²) in [7, 11) is 0. The van der Waals surface area contributed by atoms with Crippen LogP contribution in [0.1, 0.15) is 12.0 Å². The number of rotatable bonds is 7. The molecule has 5 nitrogen and oxygen atoms in total. The van der Waals surface area contributed by atoms with Crippen molar-refractivity contribution in [2.24, 2.45) is 10.7 Å². The van der Waals surface area contributed by atoms with Crippen molar-refractivity contribution in [2.75, 3.05) is 39.4 Å². The van der Waals surface area contributed by atoms with Gasteiger partial charge in [-0.3, -0.25) is 4.90 Å². The molecule has 3 N–H and O–H groups in total. The maximum atomic E-state index is 6.04. The predicted octanol–water partition coefficient (Wildman–Crippen LogP) is 3.75. The van der Waals surface area contributed by atoms with Gasteiger partial charge in [0.25, 0.3) is 0 Å². The van der Waals surface area contributed by atoms with Crippen molar-refractivity contribution in [2.45, 2.75) is 13.0 Å². The van der Waals surface area contributed by atoms with Gasteiger partial charge in [0, 0.05) is 24.7 Å². The molecule has 1 aliphatic rings. The third-order valence-corrected chi connectivity index (χ3v) is 4.91.